The van der Waals surface area contributed by atoms with Crippen LogP contribution >= 0.6 is 0 Å². The molecule has 1 saturated heterocycles. The fraction of sp³-hybridized carbons (Fsp3) is 0.500. The lowest BCUT2D eigenvalue weighted by Crippen LogP contribution is -2.41. The molecule has 0 bridgehead atoms. The van der Waals surface area contributed by atoms with Gasteiger partial charge >= 0.3 is 7.12 Å². The van der Waals surface area contributed by atoms with Gasteiger partial charge in [0.1, 0.15) is 5.75 Å². The van der Waals surface area contributed by atoms with Gasteiger partial charge in [-0.15, -0.1) is 0 Å². The Labute approximate surface area is 111 Å². The number of aromatic hydroxyl groups is 1. The zero-order chi connectivity index (χ0) is 14.4. The van der Waals surface area contributed by atoms with E-state index in [1.54, 1.807) is 0 Å². The van der Waals surface area contributed by atoms with Crippen LogP contribution in [0.1, 0.15) is 27.7 Å². The van der Waals surface area contributed by atoms with E-state index in [-0.39, 0.29) is 11.4 Å². The molecule has 1 aliphatic rings. The number of phenols is 1. The highest BCUT2D eigenvalue weighted by molar-refractivity contribution is 6.62. The van der Waals surface area contributed by atoms with E-state index < -0.39 is 23.2 Å². The predicted octanol–water partition coefficient (Wildman–Crippen LogP) is 1.60. The van der Waals surface area contributed by atoms with E-state index in [9.17, 15) is 15.2 Å². The largest absolute Gasteiger partial charge is 0.508 e. The zero-order valence-corrected chi connectivity index (χ0v) is 11.3. The van der Waals surface area contributed by atoms with Crippen molar-refractivity contribution in [2.75, 3.05) is 0 Å². The molecule has 1 aliphatic heterocycles. The predicted molar refractivity (Wildman–Crippen MR) is 70.5 cm³/mol. The van der Waals surface area contributed by atoms with Crippen molar-refractivity contribution in [3.05, 3.63) is 28.3 Å². The highest BCUT2D eigenvalue weighted by Gasteiger charge is 2.52. The number of nitrogens with zero attached hydrogens (tertiary/aromatic N) is 1. The summed E-state index contributed by atoms with van der Waals surface area (Å²) in [5.74, 6) is -0.182. The first kappa shape index (κ1) is 13.8. The summed E-state index contributed by atoms with van der Waals surface area (Å²) in [6, 6.07) is 3.85. The third kappa shape index (κ3) is 2.43. The second-order valence-electron chi connectivity index (χ2n) is 5.63. The lowest BCUT2D eigenvalue weighted by atomic mass is 9.79. The fourth-order valence-electron chi connectivity index (χ4n) is 1.84. The molecule has 1 aromatic carbocycles. The molecule has 0 amide bonds. The average Bonchev–Trinajstić information content (AvgIpc) is 2.47. The van der Waals surface area contributed by atoms with Crippen molar-refractivity contribution < 1.29 is 19.3 Å². The monoisotopic (exact) mass is 265 g/mol. The van der Waals surface area contributed by atoms with E-state index in [2.05, 4.69) is 0 Å². The van der Waals surface area contributed by atoms with Crippen LogP contribution in [0.3, 0.4) is 0 Å². The Morgan fingerprint density at radius 1 is 1.16 bits per heavy atom. The van der Waals surface area contributed by atoms with Crippen molar-refractivity contribution in [3.63, 3.8) is 0 Å². The molecule has 0 saturated carbocycles. The number of benzene rings is 1. The molecular formula is C12H16BNO5. The van der Waals surface area contributed by atoms with Crippen molar-refractivity contribution in [2.24, 2.45) is 0 Å². The van der Waals surface area contributed by atoms with Gasteiger partial charge in [0, 0.05) is 6.07 Å². The highest BCUT2D eigenvalue weighted by atomic mass is 16.7. The number of non-ortho nitro benzene ring substituents is 1. The average molecular weight is 265 g/mol. The zero-order valence-electron chi connectivity index (χ0n) is 11.3. The van der Waals surface area contributed by atoms with Gasteiger partial charge in [-0.3, -0.25) is 10.1 Å². The molecular weight excluding hydrogens is 249 g/mol. The Bertz CT molecular complexity index is 513. The number of hydrogen-bond donors (Lipinski definition) is 1. The summed E-state index contributed by atoms with van der Waals surface area (Å²) in [6.07, 6.45) is 0. The molecule has 1 aromatic rings. The molecule has 0 spiro atoms. The van der Waals surface area contributed by atoms with Crippen LogP contribution in [-0.4, -0.2) is 28.4 Å². The molecule has 0 aromatic heterocycles. The molecule has 1 fully saturated rings. The van der Waals surface area contributed by atoms with E-state index in [0.717, 1.165) is 6.07 Å². The maximum absolute atomic E-state index is 10.8. The van der Waals surface area contributed by atoms with Crippen LogP contribution < -0.4 is 5.46 Å². The van der Waals surface area contributed by atoms with Gasteiger partial charge in [-0.25, -0.2) is 0 Å². The van der Waals surface area contributed by atoms with Crippen LogP contribution in [0, 0.1) is 10.1 Å². The van der Waals surface area contributed by atoms with E-state index in [1.807, 2.05) is 27.7 Å². The molecule has 0 aliphatic carbocycles. The first-order chi connectivity index (χ1) is 8.62. The lowest BCUT2D eigenvalue weighted by molar-refractivity contribution is -0.384. The van der Waals surface area contributed by atoms with Gasteiger partial charge in [-0.2, -0.15) is 0 Å². The van der Waals surface area contributed by atoms with E-state index in [1.165, 1.54) is 12.1 Å². The van der Waals surface area contributed by atoms with Crippen LogP contribution in [0.2, 0.25) is 0 Å². The van der Waals surface area contributed by atoms with E-state index >= 15 is 0 Å². The van der Waals surface area contributed by atoms with Gasteiger partial charge in [0.2, 0.25) is 0 Å². The van der Waals surface area contributed by atoms with Crippen molar-refractivity contribution >= 4 is 18.3 Å². The van der Waals surface area contributed by atoms with Crippen LogP contribution in [0.4, 0.5) is 5.69 Å². The van der Waals surface area contributed by atoms with Crippen molar-refractivity contribution in [1.82, 2.24) is 0 Å². The molecule has 1 N–H and O–H groups in total. The second-order valence-corrected chi connectivity index (χ2v) is 5.63. The molecule has 0 radical (unpaired) electrons. The molecule has 102 valence electrons. The van der Waals surface area contributed by atoms with Crippen molar-refractivity contribution in [2.45, 2.75) is 38.9 Å². The topological polar surface area (TPSA) is 81.8 Å². The Morgan fingerprint density at radius 3 is 2.16 bits per heavy atom. The molecule has 1 heterocycles. The number of hydrogen-bond acceptors (Lipinski definition) is 5. The van der Waals surface area contributed by atoms with Gasteiger partial charge in [0.25, 0.3) is 5.69 Å². The number of phenolic OH excluding ortho intramolecular Hbond substituents is 1. The number of rotatable bonds is 2. The minimum atomic E-state index is -0.726. The van der Waals surface area contributed by atoms with Crippen LogP contribution in [0.15, 0.2) is 18.2 Å². The maximum Gasteiger partial charge on any atom is 0.495 e. The molecule has 19 heavy (non-hydrogen) atoms. The molecule has 0 atom stereocenters. The van der Waals surface area contributed by atoms with Gasteiger partial charge in [0.05, 0.1) is 22.2 Å². The highest BCUT2D eigenvalue weighted by Crippen LogP contribution is 2.36. The molecule has 2 rings (SSSR count). The Kier molecular flexibility index (Phi) is 3.06. The molecule has 7 heteroatoms. The summed E-state index contributed by atoms with van der Waals surface area (Å²) in [5, 5.41) is 20.3. The second kappa shape index (κ2) is 4.21. The minimum absolute atomic E-state index is 0.182. The standard InChI is InChI=1S/C12H16BNO5/c1-11(2)12(3,4)19-13(18-11)8-5-9(14(16)17)7-10(15)6-8/h5-7,15H,1-4H3. The van der Waals surface area contributed by atoms with Crippen molar-refractivity contribution in [1.29, 1.82) is 0 Å². The van der Waals surface area contributed by atoms with Gasteiger partial charge in [0.15, 0.2) is 0 Å². The fourth-order valence-corrected chi connectivity index (χ4v) is 1.84. The Balaban J connectivity index is 2.37. The smallest absolute Gasteiger partial charge is 0.495 e. The molecule has 0 unspecified atom stereocenters. The van der Waals surface area contributed by atoms with Crippen LogP contribution in [0.5, 0.6) is 5.75 Å². The minimum Gasteiger partial charge on any atom is -0.508 e. The summed E-state index contributed by atoms with van der Waals surface area (Å²) in [7, 11) is -0.726. The Morgan fingerprint density at radius 2 is 1.68 bits per heavy atom. The summed E-state index contributed by atoms with van der Waals surface area (Å²) in [4.78, 5) is 10.2. The van der Waals surface area contributed by atoms with E-state index in [4.69, 9.17) is 9.31 Å². The van der Waals surface area contributed by atoms with Crippen molar-refractivity contribution in [3.8, 4) is 5.75 Å². The normalized spacial score (nSPS) is 20.5. The van der Waals surface area contributed by atoms with Crippen LogP contribution in [-0.2, 0) is 9.31 Å². The third-order valence-electron chi connectivity index (χ3n) is 3.66. The number of nitro groups is 1. The summed E-state index contributed by atoms with van der Waals surface area (Å²) < 4.78 is 11.6. The van der Waals surface area contributed by atoms with E-state index in [0.29, 0.717) is 5.46 Å². The first-order valence-corrected chi connectivity index (χ1v) is 5.96. The SMILES string of the molecule is CC1(C)OB(c2cc(O)cc([N+](=O)[O-])c2)OC1(C)C. The third-order valence-corrected chi connectivity index (χ3v) is 3.66. The number of nitro benzene ring substituents is 1. The van der Waals surface area contributed by atoms with Gasteiger partial charge in [-0.05, 0) is 39.2 Å². The van der Waals surface area contributed by atoms with Crippen LogP contribution in [0.25, 0.3) is 0 Å². The quantitative estimate of drug-likeness (QED) is 0.499. The van der Waals surface area contributed by atoms with Gasteiger partial charge < -0.3 is 14.4 Å². The Hall–Kier alpha value is -1.60. The summed E-state index contributed by atoms with van der Waals surface area (Å²) in [5.41, 5.74) is -0.814. The van der Waals surface area contributed by atoms with Gasteiger partial charge in [-0.1, -0.05) is 0 Å². The summed E-state index contributed by atoms with van der Waals surface area (Å²) in [6.45, 7) is 7.57. The molecule has 6 nitrogen and oxygen atoms in total. The first-order valence-electron chi connectivity index (χ1n) is 5.96. The lowest BCUT2D eigenvalue weighted by Gasteiger charge is -2.32. The summed E-state index contributed by atoms with van der Waals surface area (Å²) >= 11 is 0. The maximum atomic E-state index is 10.8.